The molecule has 1 aromatic carbocycles. The second-order valence-corrected chi connectivity index (χ2v) is 7.87. The summed E-state index contributed by atoms with van der Waals surface area (Å²) >= 11 is 5.65. The molecule has 0 atom stereocenters. The van der Waals surface area contributed by atoms with Crippen LogP contribution in [0.1, 0.15) is 32.3 Å². The number of aryl methyl sites for hydroxylation is 1. The zero-order chi connectivity index (χ0) is 15.2. The van der Waals surface area contributed by atoms with Crippen LogP contribution in [0.5, 0.6) is 0 Å². The Balaban J connectivity index is 2.76. The van der Waals surface area contributed by atoms with Gasteiger partial charge in [-0.1, -0.05) is 26.0 Å². The Hall–Kier alpha value is -0.580. The first kappa shape index (κ1) is 17.5. The van der Waals surface area contributed by atoms with Crippen molar-refractivity contribution in [2.24, 2.45) is 5.92 Å². The quantitative estimate of drug-likeness (QED) is 0.688. The van der Waals surface area contributed by atoms with E-state index in [4.69, 9.17) is 11.6 Å². The molecule has 0 unspecified atom stereocenters. The molecular weight excluding hydrogens is 294 g/mol. The molecule has 114 valence electrons. The second kappa shape index (κ2) is 8.01. The molecule has 0 saturated heterocycles. The Morgan fingerprint density at radius 3 is 2.30 bits per heavy atom. The minimum Gasteiger partial charge on any atom is -0.207 e. The van der Waals surface area contributed by atoms with Gasteiger partial charge in [0, 0.05) is 19.5 Å². The van der Waals surface area contributed by atoms with Crippen molar-refractivity contribution in [2.75, 3.05) is 19.5 Å². The molecule has 1 rings (SSSR count). The third-order valence-corrected chi connectivity index (χ3v) is 5.39. The molecule has 0 bridgehead atoms. The van der Waals surface area contributed by atoms with Crippen LogP contribution in [0.15, 0.2) is 29.2 Å². The third-order valence-electron chi connectivity index (χ3n) is 3.25. The molecule has 0 heterocycles. The van der Waals surface area contributed by atoms with Gasteiger partial charge in [-0.25, -0.2) is 12.7 Å². The van der Waals surface area contributed by atoms with Crippen LogP contribution in [-0.4, -0.2) is 32.2 Å². The maximum absolute atomic E-state index is 12.4. The van der Waals surface area contributed by atoms with Crippen LogP contribution >= 0.6 is 11.6 Å². The number of halogens is 1. The first-order valence-corrected chi connectivity index (χ1v) is 8.96. The third kappa shape index (κ3) is 5.08. The second-order valence-electron chi connectivity index (χ2n) is 5.45. The maximum atomic E-state index is 12.4. The first-order valence-electron chi connectivity index (χ1n) is 6.99. The number of benzene rings is 1. The summed E-state index contributed by atoms with van der Waals surface area (Å²) in [6, 6.07) is 7.11. The monoisotopic (exact) mass is 317 g/mol. The van der Waals surface area contributed by atoms with Crippen molar-refractivity contribution in [1.82, 2.24) is 4.31 Å². The first-order chi connectivity index (χ1) is 9.37. The molecule has 0 aromatic heterocycles. The molecule has 3 nitrogen and oxygen atoms in total. The number of alkyl halides is 1. The van der Waals surface area contributed by atoms with Crippen LogP contribution < -0.4 is 0 Å². The molecule has 0 saturated carbocycles. The van der Waals surface area contributed by atoms with Gasteiger partial charge in [0.1, 0.15) is 0 Å². The smallest absolute Gasteiger partial charge is 0.207 e. The summed E-state index contributed by atoms with van der Waals surface area (Å²) < 4.78 is 26.2. The van der Waals surface area contributed by atoms with Gasteiger partial charge in [-0.3, -0.25) is 0 Å². The number of nitrogens with zero attached hydrogens (tertiary/aromatic N) is 1. The number of hydrogen-bond acceptors (Lipinski definition) is 2. The molecular formula is C15H24ClNO2S. The minimum atomic E-state index is -3.36. The highest BCUT2D eigenvalue weighted by Gasteiger charge is 2.20. The predicted molar refractivity (Wildman–Crippen MR) is 84.8 cm³/mol. The van der Waals surface area contributed by atoms with Crippen LogP contribution in [0, 0.1) is 5.92 Å². The van der Waals surface area contributed by atoms with Gasteiger partial charge in [-0.05, 0) is 42.9 Å². The lowest BCUT2D eigenvalue weighted by molar-refractivity contribution is 0.428. The topological polar surface area (TPSA) is 37.4 Å². The van der Waals surface area contributed by atoms with Crippen LogP contribution in [0.3, 0.4) is 0 Å². The fraction of sp³-hybridized carbons (Fsp3) is 0.600. The largest absolute Gasteiger partial charge is 0.242 e. The van der Waals surface area contributed by atoms with Crippen LogP contribution in [0.4, 0.5) is 0 Å². The van der Waals surface area contributed by atoms with E-state index >= 15 is 0 Å². The van der Waals surface area contributed by atoms with Gasteiger partial charge in [0.2, 0.25) is 10.0 Å². The highest BCUT2D eigenvalue weighted by molar-refractivity contribution is 7.89. The van der Waals surface area contributed by atoms with Crippen molar-refractivity contribution in [1.29, 1.82) is 0 Å². The van der Waals surface area contributed by atoms with E-state index in [9.17, 15) is 8.42 Å². The molecule has 0 amide bonds. The molecule has 0 radical (unpaired) electrons. The van der Waals surface area contributed by atoms with Crippen molar-refractivity contribution < 1.29 is 8.42 Å². The average molecular weight is 318 g/mol. The predicted octanol–water partition coefficient (Wildman–Crippen LogP) is 3.52. The SMILES string of the molecule is CC(C)CCN(C)S(=O)(=O)c1ccc(CCCCl)cc1. The van der Waals surface area contributed by atoms with Gasteiger partial charge in [0.15, 0.2) is 0 Å². The van der Waals surface area contributed by atoms with Gasteiger partial charge in [0.05, 0.1) is 4.90 Å². The fourth-order valence-corrected chi connectivity index (χ4v) is 3.16. The summed E-state index contributed by atoms with van der Waals surface area (Å²) in [7, 11) is -1.73. The summed E-state index contributed by atoms with van der Waals surface area (Å²) in [5.74, 6) is 1.11. The van der Waals surface area contributed by atoms with E-state index in [2.05, 4.69) is 13.8 Å². The molecule has 0 spiro atoms. The molecule has 0 aliphatic heterocycles. The van der Waals surface area contributed by atoms with E-state index in [1.807, 2.05) is 12.1 Å². The van der Waals surface area contributed by atoms with E-state index in [0.29, 0.717) is 23.2 Å². The fourth-order valence-electron chi connectivity index (χ4n) is 1.84. The van der Waals surface area contributed by atoms with Crippen molar-refractivity contribution in [2.45, 2.75) is 38.0 Å². The standard InChI is InChI=1S/C15H24ClNO2S/c1-13(2)10-12-17(3)20(18,19)15-8-6-14(7-9-15)5-4-11-16/h6-9,13H,4-5,10-12H2,1-3H3. The van der Waals surface area contributed by atoms with Crippen molar-refractivity contribution in [3.8, 4) is 0 Å². The van der Waals surface area contributed by atoms with E-state index in [-0.39, 0.29) is 0 Å². The summed E-state index contributed by atoms with van der Waals surface area (Å²) in [5.41, 5.74) is 1.12. The lowest BCUT2D eigenvalue weighted by Crippen LogP contribution is -2.28. The number of rotatable bonds is 8. The van der Waals surface area contributed by atoms with Gasteiger partial charge < -0.3 is 0 Å². The summed E-state index contributed by atoms with van der Waals surface area (Å²) in [5, 5.41) is 0. The van der Waals surface area contributed by atoms with Gasteiger partial charge >= 0.3 is 0 Å². The molecule has 0 N–H and O–H groups in total. The summed E-state index contributed by atoms with van der Waals surface area (Å²) in [6.45, 7) is 4.73. The molecule has 5 heteroatoms. The molecule has 0 fully saturated rings. The van der Waals surface area contributed by atoms with Crippen LogP contribution in [-0.2, 0) is 16.4 Å². The highest BCUT2D eigenvalue weighted by Crippen LogP contribution is 2.17. The zero-order valence-electron chi connectivity index (χ0n) is 12.5. The molecule has 0 aliphatic carbocycles. The van der Waals surface area contributed by atoms with Gasteiger partial charge in [0.25, 0.3) is 0 Å². The minimum absolute atomic E-state index is 0.360. The Morgan fingerprint density at radius 1 is 1.20 bits per heavy atom. The molecule has 20 heavy (non-hydrogen) atoms. The highest BCUT2D eigenvalue weighted by atomic mass is 35.5. The van der Waals surface area contributed by atoms with E-state index in [1.54, 1.807) is 19.2 Å². The van der Waals surface area contributed by atoms with Crippen LogP contribution in [0.2, 0.25) is 0 Å². The Kier molecular flexibility index (Phi) is 7.00. The Labute approximate surface area is 128 Å². The van der Waals surface area contributed by atoms with Crippen molar-refractivity contribution >= 4 is 21.6 Å². The molecule has 0 aliphatic rings. The lowest BCUT2D eigenvalue weighted by atomic mass is 10.1. The van der Waals surface area contributed by atoms with Crippen molar-refractivity contribution in [3.05, 3.63) is 29.8 Å². The number of sulfonamides is 1. The van der Waals surface area contributed by atoms with Crippen molar-refractivity contribution in [3.63, 3.8) is 0 Å². The molecule has 1 aromatic rings. The zero-order valence-corrected chi connectivity index (χ0v) is 14.0. The summed E-state index contributed by atoms with van der Waals surface area (Å²) in [4.78, 5) is 0.360. The van der Waals surface area contributed by atoms with E-state index in [0.717, 1.165) is 24.8 Å². The van der Waals surface area contributed by atoms with Gasteiger partial charge in [-0.15, -0.1) is 11.6 Å². The van der Waals surface area contributed by atoms with E-state index in [1.165, 1.54) is 4.31 Å². The maximum Gasteiger partial charge on any atom is 0.242 e. The average Bonchev–Trinajstić information content (AvgIpc) is 2.42. The summed E-state index contributed by atoms with van der Waals surface area (Å²) in [6.07, 6.45) is 2.65. The van der Waals surface area contributed by atoms with Gasteiger partial charge in [-0.2, -0.15) is 0 Å². The Bertz CT molecular complexity index is 497. The van der Waals surface area contributed by atoms with E-state index < -0.39 is 10.0 Å². The normalized spacial score (nSPS) is 12.3. The lowest BCUT2D eigenvalue weighted by Gasteiger charge is -2.18. The number of hydrogen-bond donors (Lipinski definition) is 0. The Morgan fingerprint density at radius 2 is 1.80 bits per heavy atom. The van der Waals surface area contributed by atoms with Crippen LogP contribution in [0.25, 0.3) is 0 Å².